The standard InChI is InChI=1S/C7H13N3/c1-6(2)4-7-8-5-10(3)9-7/h5-6H,4H2,1-3H3/p+1. The van der Waals surface area contributed by atoms with Gasteiger partial charge in [0.1, 0.15) is 7.05 Å². The van der Waals surface area contributed by atoms with E-state index in [9.17, 15) is 0 Å². The van der Waals surface area contributed by atoms with Crippen LogP contribution in [0.25, 0.3) is 0 Å². The molecule has 0 saturated carbocycles. The van der Waals surface area contributed by atoms with Gasteiger partial charge in [0.25, 0.3) is 5.82 Å². The summed E-state index contributed by atoms with van der Waals surface area (Å²) < 4.78 is 1.86. The summed E-state index contributed by atoms with van der Waals surface area (Å²) in [5.74, 6) is 1.74. The molecule has 1 rings (SSSR count). The Bertz CT molecular complexity index is 202. The van der Waals surface area contributed by atoms with Gasteiger partial charge >= 0.3 is 6.33 Å². The highest BCUT2D eigenvalue weighted by Gasteiger charge is 2.06. The minimum atomic E-state index is 0.672. The summed E-state index contributed by atoms with van der Waals surface area (Å²) in [6, 6.07) is 0. The van der Waals surface area contributed by atoms with Crippen LogP contribution in [0, 0.1) is 5.92 Å². The lowest BCUT2D eigenvalue weighted by Crippen LogP contribution is -2.28. The van der Waals surface area contributed by atoms with E-state index < -0.39 is 0 Å². The van der Waals surface area contributed by atoms with Gasteiger partial charge in [-0.15, -0.1) is 0 Å². The van der Waals surface area contributed by atoms with Crippen molar-refractivity contribution in [2.75, 3.05) is 0 Å². The molecule has 0 aromatic carbocycles. The SMILES string of the molecule is CC(C)Cc1nc[n+](C)[nH]1. The van der Waals surface area contributed by atoms with Crippen molar-refractivity contribution in [3.63, 3.8) is 0 Å². The third-order valence-electron chi connectivity index (χ3n) is 1.29. The van der Waals surface area contributed by atoms with E-state index in [-0.39, 0.29) is 0 Å². The number of aromatic nitrogens is 3. The second-order valence-corrected chi connectivity index (χ2v) is 3.01. The minimum Gasteiger partial charge on any atom is -0.192 e. The van der Waals surface area contributed by atoms with Crippen LogP contribution < -0.4 is 4.68 Å². The average molecular weight is 140 g/mol. The predicted octanol–water partition coefficient (Wildman–Crippen LogP) is 0.433. The van der Waals surface area contributed by atoms with E-state index in [0.717, 1.165) is 12.2 Å². The van der Waals surface area contributed by atoms with Gasteiger partial charge in [-0.3, -0.25) is 0 Å². The number of hydrogen-bond acceptors (Lipinski definition) is 1. The first kappa shape index (κ1) is 7.25. The Morgan fingerprint density at radius 3 is 2.80 bits per heavy atom. The van der Waals surface area contributed by atoms with Crippen molar-refractivity contribution < 1.29 is 4.68 Å². The number of aryl methyl sites for hydroxylation is 1. The van der Waals surface area contributed by atoms with Gasteiger partial charge in [-0.05, 0) is 10.9 Å². The van der Waals surface area contributed by atoms with E-state index in [1.165, 1.54) is 0 Å². The maximum atomic E-state index is 4.16. The summed E-state index contributed by atoms with van der Waals surface area (Å²) in [6.07, 6.45) is 2.82. The van der Waals surface area contributed by atoms with Gasteiger partial charge in [0.15, 0.2) is 0 Å². The first-order valence-electron chi connectivity index (χ1n) is 3.58. The van der Waals surface area contributed by atoms with Crippen LogP contribution in [-0.4, -0.2) is 10.1 Å². The van der Waals surface area contributed by atoms with E-state index in [0.29, 0.717) is 5.92 Å². The van der Waals surface area contributed by atoms with E-state index >= 15 is 0 Å². The van der Waals surface area contributed by atoms with Gasteiger partial charge < -0.3 is 0 Å². The van der Waals surface area contributed by atoms with Gasteiger partial charge in [-0.1, -0.05) is 13.8 Å². The lowest BCUT2D eigenvalue weighted by atomic mass is 10.1. The molecule has 0 unspecified atom stereocenters. The van der Waals surface area contributed by atoms with Gasteiger partial charge in [-0.2, -0.15) is 9.78 Å². The molecule has 1 aromatic rings. The van der Waals surface area contributed by atoms with Crippen LogP contribution in [0.5, 0.6) is 0 Å². The fourth-order valence-corrected chi connectivity index (χ4v) is 0.903. The topological polar surface area (TPSA) is 32.6 Å². The summed E-state index contributed by atoms with van der Waals surface area (Å²) in [5.41, 5.74) is 0. The van der Waals surface area contributed by atoms with Gasteiger partial charge in [0.2, 0.25) is 0 Å². The van der Waals surface area contributed by atoms with Crippen LogP contribution >= 0.6 is 0 Å². The molecule has 0 aliphatic carbocycles. The molecule has 10 heavy (non-hydrogen) atoms. The van der Waals surface area contributed by atoms with E-state index in [1.807, 2.05) is 11.7 Å². The lowest BCUT2D eigenvalue weighted by molar-refractivity contribution is -0.728. The monoisotopic (exact) mass is 140 g/mol. The third-order valence-corrected chi connectivity index (χ3v) is 1.29. The number of H-pyrrole nitrogens is 1. The van der Waals surface area contributed by atoms with Crippen molar-refractivity contribution in [2.45, 2.75) is 20.3 Å². The fraction of sp³-hybridized carbons (Fsp3) is 0.714. The maximum absolute atomic E-state index is 4.16. The van der Waals surface area contributed by atoms with E-state index in [2.05, 4.69) is 23.9 Å². The molecule has 3 heteroatoms. The number of nitrogens with zero attached hydrogens (tertiary/aromatic N) is 2. The molecule has 0 spiro atoms. The summed E-state index contributed by atoms with van der Waals surface area (Å²) in [7, 11) is 1.94. The van der Waals surface area contributed by atoms with Crippen molar-refractivity contribution in [1.82, 2.24) is 10.1 Å². The van der Waals surface area contributed by atoms with Crippen LogP contribution in [0.3, 0.4) is 0 Å². The summed E-state index contributed by atoms with van der Waals surface area (Å²) in [4.78, 5) is 4.16. The van der Waals surface area contributed by atoms with Crippen LogP contribution in [0.4, 0.5) is 0 Å². The normalized spacial score (nSPS) is 10.8. The summed E-state index contributed by atoms with van der Waals surface area (Å²) >= 11 is 0. The number of aromatic amines is 1. The van der Waals surface area contributed by atoms with E-state index in [4.69, 9.17) is 0 Å². The average Bonchev–Trinajstić information content (AvgIpc) is 2.13. The second kappa shape index (κ2) is 2.82. The lowest BCUT2D eigenvalue weighted by Gasteiger charge is -1.94. The summed E-state index contributed by atoms with van der Waals surface area (Å²) in [6.45, 7) is 4.37. The highest BCUT2D eigenvalue weighted by atomic mass is 15.3. The van der Waals surface area contributed by atoms with Crippen molar-refractivity contribution in [2.24, 2.45) is 13.0 Å². The second-order valence-electron chi connectivity index (χ2n) is 3.01. The molecule has 56 valence electrons. The Morgan fingerprint density at radius 2 is 2.40 bits per heavy atom. The molecule has 3 nitrogen and oxygen atoms in total. The Balaban J connectivity index is 2.58. The molecule has 0 atom stereocenters. The Hall–Kier alpha value is -0.860. The minimum absolute atomic E-state index is 0.672. The highest BCUT2D eigenvalue weighted by molar-refractivity contribution is 4.77. The van der Waals surface area contributed by atoms with Crippen LogP contribution in [0.1, 0.15) is 19.7 Å². The Labute approximate surface area is 61.1 Å². The first-order valence-corrected chi connectivity index (χ1v) is 3.58. The third kappa shape index (κ3) is 1.83. The van der Waals surface area contributed by atoms with Gasteiger partial charge in [-0.25, -0.2) is 0 Å². The maximum Gasteiger partial charge on any atom is 0.306 e. The summed E-state index contributed by atoms with van der Waals surface area (Å²) in [5, 5.41) is 3.11. The molecule has 1 aromatic heterocycles. The quantitative estimate of drug-likeness (QED) is 0.594. The molecule has 1 N–H and O–H groups in total. The zero-order valence-electron chi connectivity index (χ0n) is 6.76. The molecule has 0 aliphatic rings. The largest absolute Gasteiger partial charge is 0.306 e. The Morgan fingerprint density at radius 1 is 1.70 bits per heavy atom. The van der Waals surface area contributed by atoms with Crippen LogP contribution in [0.2, 0.25) is 0 Å². The van der Waals surface area contributed by atoms with Crippen molar-refractivity contribution in [3.8, 4) is 0 Å². The predicted molar refractivity (Wildman–Crippen MR) is 38.3 cm³/mol. The van der Waals surface area contributed by atoms with Crippen LogP contribution in [0.15, 0.2) is 6.33 Å². The molecule has 0 radical (unpaired) electrons. The van der Waals surface area contributed by atoms with Crippen molar-refractivity contribution >= 4 is 0 Å². The zero-order chi connectivity index (χ0) is 7.56. The molecule has 0 amide bonds. The first-order chi connectivity index (χ1) is 4.68. The zero-order valence-corrected chi connectivity index (χ0v) is 6.76. The van der Waals surface area contributed by atoms with E-state index in [1.54, 1.807) is 6.33 Å². The van der Waals surface area contributed by atoms with Crippen molar-refractivity contribution in [3.05, 3.63) is 12.2 Å². The highest BCUT2D eigenvalue weighted by Crippen LogP contribution is 1.98. The number of rotatable bonds is 2. The Kier molecular flexibility index (Phi) is 2.04. The fourth-order valence-electron chi connectivity index (χ4n) is 0.903. The number of nitrogens with one attached hydrogen (secondary N) is 1. The molecular weight excluding hydrogens is 126 g/mol. The molecule has 0 aliphatic heterocycles. The van der Waals surface area contributed by atoms with Gasteiger partial charge in [0.05, 0.1) is 0 Å². The molecular formula is C7H14N3+. The van der Waals surface area contributed by atoms with Crippen LogP contribution in [-0.2, 0) is 13.5 Å². The molecule has 0 fully saturated rings. The molecule has 1 heterocycles. The number of hydrogen-bond donors (Lipinski definition) is 1. The smallest absolute Gasteiger partial charge is 0.192 e. The molecule has 0 bridgehead atoms. The van der Waals surface area contributed by atoms with Crippen molar-refractivity contribution in [1.29, 1.82) is 0 Å². The molecule has 0 saturated heterocycles. The van der Waals surface area contributed by atoms with Gasteiger partial charge in [0, 0.05) is 6.42 Å².